The van der Waals surface area contributed by atoms with E-state index < -0.39 is 0 Å². The molecule has 0 bridgehead atoms. The summed E-state index contributed by atoms with van der Waals surface area (Å²) in [5.41, 5.74) is 2.06. The monoisotopic (exact) mass is 507 g/mol. The minimum Gasteiger partial charge on any atom is -0.325 e. The quantitative estimate of drug-likeness (QED) is 0.164. The molecule has 0 aromatic heterocycles. The zero-order valence-electron chi connectivity index (χ0n) is 21.2. The van der Waals surface area contributed by atoms with Crippen LogP contribution in [0.4, 0.5) is 5.69 Å². The molecular formula is C29H50BrNO. The van der Waals surface area contributed by atoms with E-state index in [-0.39, 0.29) is 5.91 Å². The molecule has 2 nitrogen and oxygen atoms in total. The number of hydrogen-bond donors (Lipinski definition) is 1. The van der Waals surface area contributed by atoms with Gasteiger partial charge in [-0.15, -0.1) is 0 Å². The molecule has 1 aromatic rings. The zero-order chi connectivity index (χ0) is 23.3. The number of rotatable bonds is 21. The minimum atomic E-state index is 0.126. The summed E-state index contributed by atoms with van der Waals surface area (Å²) in [6.07, 6.45) is 26.8. The highest BCUT2D eigenvalue weighted by Crippen LogP contribution is 2.23. The van der Waals surface area contributed by atoms with E-state index in [0.717, 1.165) is 16.6 Å². The number of amides is 1. The highest BCUT2D eigenvalue weighted by Gasteiger charge is 2.05. The summed E-state index contributed by atoms with van der Waals surface area (Å²) >= 11 is 3.52. The van der Waals surface area contributed by atoms with Crippen LogP contribution in [0, 0.1) is 6.92 Å². The number of unbranched alkanes of at least 4 members (excludes halogenated alkanes) is 18. The van der Waals surface area contributed by atoms with Crippen molar-refractivity contribution in [3.8, 4) is 0 Å². The summed E-state index contributed by atoms with van der Waals surface area (Å²) in [4.78, 5) is 12.1. The van der Waals surface area contributed by atoms with Gasteiger partial charge in [-0.05, 0) is 47.0 Å². The molecule has 0 saturated heterocycles. The summed E-state index contributed by atoms with van der Waals surface area (Å²) in [6.45, 7) is 4.34. The number of carbonyl (C=O) groups excluding carboxylic acids is 1. The molecule has 0 unspecified atom stereocenters. The number of aryl methyl sites for hydroxylation is 1. The van der Waals surface area contributed by atoms with Gasteiger partial charge in [-0.3, -0.25) is 4.79 Å². The largest absolute Gasteiger partial charge is 0.325 e. The lowest BCUT2D eigenvalue weighted by Crippen LogP contribution is -2.11. The van der Waals surface area contributed by atoms with Gasteiger partial charge in [0.1, 0.15) is 0 Å². The highest BCUT2D eigenvalue weighted by molar-refractivity contribution is 9.10. The average molecular weight is 509 g/mol. The second kappa shape index (κ2) is 20.8. The Bertz CT molecular complexity index is 587. The molecular weight excluding hydrogens is 458 g/mol. The maximum Gasteiger partial charge on any atom is 0.224 e. The molecule has 0 aliphatic heterocycles. The Morgan fingerprint density at radius 1 is 0.688 bits per heavy atom. The fraction of sp³-hybridized carbons (Fsp3) is 0.759. The van der Waals surface area contributed by atoms with Crippen LogP contribution in [-0.2, 0) is 4.79 Å². The van der Waals surface area contributed by atoms with Crippen LogP contribution in [0.3, 0.4) is 0 Å². The Kier molecular flexibility index (Phi) is 18.9. The van der Waals surface area contributed by atoms with Crippen molar-refractivity contribution in [3.05, 3.63) is 28.2 Å². The molecule has 3 heteroatoms. The van der Waals surface area contributed by atoms with E-state index in [1.54, 1.807) is 0 Å². The van der Waals surface area contributed by atoms with E-state index in [4.69, 9.17) is 0 Å². The Balaban J connectivity index is 1.79. The lowest BCUT2D eigenvalue weighted by molar-refractivity contribution is -0.116. The van der Waals surface area contributed by atoms with Crippen molar-refractivity contribution in [1.29, 1.82) is 0 Å². The van der Waals surface area contributed by atoms with Gasteiger partial charge in [0.2, 0.25) is 5.91 Å². The van der Waals surface area contributed by atoms with Gasteiger partial charge in [0, 0.05) is 10.9 Å². The fourth-order valence-electron chi connectivity index (χ4n) is 4.30. The van der Waals surface area contributed by atoms with Gasteiger partial charge < -0.3 is 5.32 Å². The van der Waals surface area contributed by atoms with Crippen LogP contribution in [0.15, 0.2) is 22.7 Å². The van der Waals surface area contributed by atoms with Crippen LogP contribution >= 0.6 is 15.9 Å². The van der Waals surface area contributed by atoms with Crippen LogP contribution in [0.25, 0.3) is 0 Å². The van der Waals surface area contributed by atoms with Gasteiger partial charge in [0.15, 0.2) is 0 Å². The Hall–Kier alpha value is -0.830. The van der Waals surface area contributed by atoms with Crippen molar-refractivity contribution in [2.75, 3.05) is 5.32 Å². The predicted molar refractivity (Wildman–Crippen MR) is 146 cm³/mol. The van der Waals surface area contributed by atoms with Crippen LogP contribution in [-0.4, -0.2) is 5.91 Å². The van der Waals surface area contributed by atoms with Crippen LogP contribution in [0.1, 0.15) is 141 Å². The number of nitrogens with one attached hydrogen (secondary N) is 1. The first-order valence-electron chi connectivity index (χ1n) is 13.7. The first-order chi connectivity index (χ1) is 15.6. The fourth-order valence-corrected chi connectivity index (χ4v) is 4.89. The summed E-state index contributed by atoms with van der Waals surface area (Å²) in [5.74, 6) is 0.126. The lowest BCUT2D eigenvalue weighted by Gasteiger charge is -2.08. The summed E-state index contributed by atoms with van der Waals surface area (Å²) < 4.78 is 0.957. The summed E-state index contributed by atoms with van der Waals surface area (Å²) in [5, 5.41) is 3.01. The second-order valence-corrected chi connectivity index (χ2v) is 10.5. The molecule has 1 N–H and O–H groups in total. The van der Waals surface area contributed by atoms with E-state index in [2.05, 4.69) is 35.1 Å². The van der Waals surface area contributed by atoms with Gasteiger partial charge in [0.25, 0.3) is 0 Å². The molecule has 0 saturated carbocycles. The number of hydrogen-bond acceptors (Lipinski definition) is 1. The average Bonchev–Trinajstić information content (AvgIpc) is 2.77. The number of anilines is 1. The Morgan fingerprint density at radius 3 is 1.50 bits per heavy atom. The molecule has 32 heavy (non-hydrogen) atoms. The van der Waals surface area contributed by atoms with Gasteiger partial charge in [-0.2, -0.15) is 0 Å². The zero-order valence-corrected chi connectivity index (χ0v) is 22.7. The number of halogens is 1. The smallest absolute Gasteiger partial charge is 0.224 e. The first-order valence-corrected chi connectivity index (χ1v) is 14.5. The van der Waals surface area contributed by atoms with Gasteiger partial charge >= 0.3 is 0 Å². The predicted octanol–water partition coefficient (Wildman–Crippen LogP) is 10.5. The molecule has 0 fully saturated rings. The van der Waals surface area contributed by atoms with E-state index in [0.29, 0.717) is 6.42 Å². The van der Waals surface area contributed by atoms with E-state index in [1.165, 1.54) is 121 Å². The molecule has 0 radical (unpaired) electrons. The van der Waals surface area contributed by atoms with Crippen molar-refractivity contribution in [3.63, 3.8) is 0 Å². The van der Waals surface area contributed by atoms with Crippen LogP contribution in [0.5, 0.6) is 0 Å². The minimum absolute atomic E-state index is 0.126. The number of carbonyl (C=O) groups is 1. The highest BCUT2D eigenvalue weighted by atomic mass is 79.9. The standard InChI is InChI=1S/C29H50BrNO/c1-3-4-5-6-7-8-9-10-11-12-13-14-15-16-17-18-19-20-21-22-29(32)31-28-24-23-26(2)25-27(28)30/h23-25H,3-22H2,1-2H3,(H,31,32). The van der Waals surface area contributed by atoms with Crippen LogP contribution < -0.4 is 5.32 Å². The maximum atomic E-state index is 12.1. The van der Waals surface area contributed by atoms with Crippen molar-refractivity contribution < 1.29 is 4.79 Å². The maximum absolute atomic E-state index is 12.1. The third kappa shape index (κ3) is 16.8. The third-order valence-corrected chi connectivity index (χ3v) is 7.06. The van der Waals surface area contributed by atoms with Crippen LogP contribution in [0.2, 0.25) is 0 Å². The van der Waals surface area contributed by atoms with E-state index >= 15 is 0 Å². The molecule has 1 aromatic carbocycles. The molecule has 0 spiro atoms. The Morgan fingerprint density at radius 2 is 1.09 bits per heavy atom. The van der Waals surface area contributed by atoms with E-state index in [9.17, 15) is 4.79 Å². The summed E-state index contributed by atoms with van der Waals surface area (Å²) in [6, 6.07) is 6.03. The van der Waals surface area contributed by atoms with E-state index in [1.807, 2.05) is 18.2 Å². The third-order valence-electron chi connectivity index (χ3n) is 6.41. The first kappa shape index (κ1) is 29.2. The van der Waals surface area contributed by atoms with Gasteiger partial charge in [-0.1, -0.05) is 129 Å². The van der Waals surface area contributed by atoms with Crippen molar-refractivity contribution >= 4 is 27.5 Å². The summed E-state index contributed by atoms with van der Waals surface area (Å²) in [7, 11) is 0. The normalized spacial score (nSPS) is 11.1. The second-order valence-electron chi connectivity index (χ2n) is 9.65. The molecule has 0 aliphatic rings. The Labute approximate surface area is 207 Å². The van der Waals surface area contributed by atoms with Crippen molar-refractivity contribution in [2.45, 2.75) is 142 Å². The molecule has 0 atom stereocenters. The lowest BCUT2D eigenvalue weighted by atomic mass is 10.0. The molecule has 184 valence electrons. The molecule has 1 rings (SSSR count). The van der Waals surface area contributed by atoms with Crippen molar-refractivity contribution in [2.24, 2.45) is 0 Å². The molecule has 0 heterocycles. The number of benzene rings is 1. The topological polar surface area (TPSA) is 29.1 Å². The van der Waals surface area contributed by atoms with Gasteiger partial charge in [0.05, 0.1) is 5.69 Å². The molecule has 0 aliphatic carbocycles. The van der Waals surface area contributed by atoms with Gasteiger partial charge in [-0.25, -0.2) is 0 Å². The molecule has 1 amide bonds. The SMILES string of the molecule is CCCCCCCCCCCCCCCCCCCCCC(=O)Nc1ccc(C)cc1Br. The van der Waals surface area contributed by atoms with Crippen molar-refractivity contribution in [1.82, 2.24) is 0 Å².